The lowest BCUT2D eigenvalue weighted by Crippen LogP contribution is -2.43. The lowest BCUT2D eigenvalue weighted by molar-refractivity contribution is -0.135. The van der Waals surface area contributed by atoms with Crippen molar-refractivity contribution in [2.75, 3.05) is 6.54 Å². The van der Waals surface area contributed by atoms with E-state index in [-0.39, 0.29) is 5.91 Å². The van der Waals surface area contributed by atoms with Crippen molar-refractivity contribution >= 4 is 16.9 Å². The van der Waals surface area contributed by atoms with Crippen LogP contribution in [0.1, 0.15) is 70.0 Å². The Kier molecular flexibility index (Phi) is 4.78. The van der Waals surface area contributed by atoms with Gasteiger partial charge in [-0.1, -0.05) is 31.4 Å². The SMILES string of the molecule is CC1CCCCN1C(=O)Cn1c(C2CCCCC2)nc2ccccc21. The van der Waals surface area contributed by atoms with E-state index in [0.29, 0.717) is 18.5 Å². The van der Waals surface area contributed by atoms with Gasteiger partial charge < -0.3 is 9.47 Å². The van der Waals surface area contributed by atoms with Crippen LogP contribution in [0.5, 0.6) is 0 Å². The number of rotatable bonds is 3. The Hall–Kier alpha value is -1.84. The third-order valence-electron chi connectivity index (χ3n) is 6.07. The molecule has 1 saturated carbocycles. The fraction of sp³-hybridized carbons (Fsp3) is 0.619. The van der Waals surface area contributed by atoms with Gasteiger partial charge in [0.2, 0.25) is 5.91 Å². The number of fused-ring (bicyclic) bond motifs is 1. The second-order valence-corrected chi connectivity index (χ2v) is 7.81. The number of piperidine rings is 1. The fourth-order valence-electron chi connectivity index (χ4n) is 4.63. The summed E-state index contributed by atoms with van der Waals surface area (Å²) in [4.78, 5) is 20.1. The van der Waals surface area contributed by atoms with Crippen LogP contribution in [0.4, 0.5) is 0 Å². The zero-order valence-corrected chi connectivity index (χ0v) is 15.3. The van der Waals surface area contributed by atoms with Gasteiger partial charge in [0.05, 0.1) is 11.0 Å². The van der Waals surface area contributed by atoms with Gasteiger partial charge in [-0.15, -0.1) is 0 Å². The summed E-state index contributed by atoms with van der Waals surface area (Å²) in [5, 5.41) is 0. The fourth-order valence-corrected chi connectivity index (χ4v) is 4.63. The van der Waals surface area contributed by atoms with Gasteiger partial charge in [0.25, 0.3) is 0 Å². The topological polar surface area (TPSA) is 38.1 Å². The van der Waals surface area contributed by atoms with E-state index in [1.165, 1.54) is 38.5 Å². The summed E-state index contributed by atoms with van der Waals surface area (Å²) in [6.45, 7) is 3.53. The van der Waals surface area contributed by atoms with Crippen LogP contribution in [0.15, 0.2) is 24.3 Å². The lowest BCUT2D eigenvalue weighted by atomic mass is 9.88. The van der Waals surface area contributed by atoms with Crippen LogP contribution < -0.4 is 0 Å². The minimum Gasteiger partial charge on any atom is -0.338 e. The highest BCUT2D eigenvalue weighted by molar-refractivity contribution is 5.81. The molecular formula is C21H29N3O. The Morgan fingerprint density at radius 1 is 1.08 bits per heavy atom. The van der Waals surface area contributed by atoms with Gasteiger partial charge in [-0.25, -0.2) is 4.98 Å². The lowest BCUT2D eigenvalue weighted by Gasteiger charge is -2.34. The molecule has 0 N–H and O–H groups in total. The molecular weight excluding hydrogens is 310 g/mol. The molecule has 0 radical (unpaired) electrons. The predicted molar refractivity (Wildman–Crippen MR) is 101 cm³/mol. The van der Waals surface area contributed by atoms with E-state index < -0.39 is 0 Å². The standard InChI is InChI=1S/C21H29N3O/c1-16-9-7-8-14-23(16)20(25)15-24-19-13-6-5-12-18(19)22-21(24)17-10-3-2-4-11-17/h5-6,12-13,16-17H,2-4,7-11,14-15H2,1H3. The van der Waals surface area contributed by atoms with Gasteiger partial charge >= 0.3 is 0 Å². The number of benzene rings is 1. The average Bonchev–Trinajstić information content (AvgIpc) is 3.01. The number of carbonyl (C=O) groups is 1. The Labute approximate surface area is 150 Å². The number of aromatic nitrogens is 2. The minimum atomic E-state index is 0.257. The molecule has 2 heterocycles. The molecule has 4 nitrogen and oxygen atoms in total. The van der Waals surface area contributed by atoms with Crippen LogP contribution in [0, 0.1) is 0 Å². The van der Waals surface area contributed by atoms with E-state index in [1.807, 2.05) is 6.07 Å². The van der Waals surface area contributed by atoms with Gasteiger partial charge in [0.15, 0.2) is 0 Å². The summed E-state index contributed by atoms with van der Waals surface area (Å²) < 4.78 is 2.22. The van der Waals surface area contributed by atoms with Crippen molar-refractivity contribution in [1.29, 1.82) is 0 Å². The molecule has 1 amide bonds. The van der Waals surface area contributed by atoms with Crippen molar-refractivity contribution in [3.05, 3.63) is 30.1 Å². The molecule has 1 aromatic heterocycles. The number of amides is 1. The number of hydrogen-bond donors (Lipinski definition) is 0. The Morgan fingerprint density at radius 2 is 1.84 bits per heavy atom. The first-order valence-corrected chi connectivity index (χ1v) is 9.98. The van der Waals surface area contributed by atoms with Crippen LogP contribution in [0.2, 0.25) is 0 Å². The first kappa shape index (κ1) is 16.6. The van der Waals surface area contributed by atoms with Crippen molar-refractivity contribution < 1.29 is 4.79 Å². The van der Waals surface area contributed by atoms with Crippen molar-refractivity contribution in [3.63, 3.8) is 0 Å². The molecule has 2 aromatic rings. The highest BCUT2D eigenvalue weighted by atomic mass is 16.2. The second kappa shape index (κ2) is 7.19. The van der Waals surface area contributed by atoms with E-state index >= 15 is 0 Å². The number of imidazole rings is 1. The molecule has 1 unspecified atom stereocenters. The molecule has 0 bridgehead atoms. The largest absolute Gasteiger partial charge is 0.338 e. The van der Waals surface area contributed by atoms with E-state index in [4.69, 9.17) is 4.98 Å². The van der Waals surface area contributed by atoms with Crippen LogP contribution in [0.3, 0.4) is 0 Å². The smallest absolute Gasteiger partial charge is 0.242 e. The first-order valence-electron chi connectivity index (χ1n) is 9.98. The first-order chi connectivity index (χ1) is 12.2. The second-order valence-electron chi connectivity index (χ2n) is 7.81. The summed E-state index contributed by atoms with van der Waals surface area (Å²) >= 11 is 0. The summed E-state index contributed by atoms with van der Waals surface area (Å²) in [5.41, 5.74) is 2.14. The van der Waals surface area contributed by atoms with Crippen LogP contribution in [0.25, 0.3) is 11.0 Å². The molecule has 4 heteroatoms. The Balaban J connectivity index is 1.65. The monoisotopic (exact) mass is 339 g/mol. The molecule has 1 aliphatic heterocycles. The van der Waals surface area contributed by atoms with E-state index in [1.54, 1.807) is 0 Å². The van der Waals surface area contributed by atoms with Gasteiger partial charge in [-0.05, 0) is 51.2 Å². The molecule has 1 aliphatic carbocycles. The third-order valence-corrected chi connectivity index (χ3v) is 6.07. The number of carbonyl (C=O) groups excluding carboxylic acids is 1. The maximum atomic E-state index is 13.0. The van der Waals surface area contributed by atoms with E-state index in [2.05, 4.69) is 34.6 Å². The molecule has 1 atom stereocenters. The normalized spacial score (nSPS) is 22.4. The van der Waals surface area contributed by atoms with Gasteiger partial charge in [-0.2, -0.15) is 0 Å². The molecule has 1 saturated heterocycles. The molecule has 2 fully saturated rings. The summed E-state index contributed by atoms with van der Waals surface area (Å²) in [5.74, 6) is 1.90. The number of likely N-dealkylation sites (tertiary alicyclic amines) is 1. The van der Waals surface area contributed by atoms with Gasteiger partial charge in [0.1, 0.15) is 12.4 Å². The molecule has 134 valence electrons. The zero-order chi connectivity index (χ0) is 17.2. The van der Waals surface area contributed by atoms with Crippen molar-refractivity contribution in [3.8, 4) is 0 Å². The minimum absolute atomic E-state index is 0.257. The average molecular weight is 339 g/mol. The van der Waals surface area contributed by atoms with Crippen molar-refractivity contribution in [1.82, 2.24) is 14.5 Å². The molecule has 4 rings (SSSR count). The Bertz CT molecular complexity index is 745. The summed E-state index contributed by atoms with van der Waals surface area (Å²) in [6, 6.07) is 8.65. The van der Waals surface area contributed by atoms with Gasteiger partial charge in [0, 0.05) is 18.5 Å². The van der Waals surface area contributed by atoms with Crippen molar-refractivity contribution in [2.24, 2.45) is 0 Å². The number of nitrogens with zero attached hydrogens (tertiary/aromatic N) is 3. The summed E-state index contributed by atoms with van der Waals surface area (Å²) in [6.07, 6.45) is 9.82. The predicted octanol–water partition coefficient (Wildman–Crippen LogP) is 4.49. The molecule has 1 aromatic carbocycles. The van der Waals surface area contributed by atoms with E-state index in [9.17, 15) is 4.79 Å². The Morgan fingerprint density at radius 3 is 2.64 bits per heavy atom. The summed E-state index contributed by atoms with van der Waals surface area (Å²) in [7, 11) is 0. The highest BCUT2D eigenvalue weighted by Crippen LogP contribution is 2.34. The van der Waals surface area contributed by atoms with Crippen LogP contribution >= 0.6 is 0 Å². The molecule has 2 aliphatic rings. The molecule has 0 spiro atoms. The van der Waals surface area contributed by atoms with Crippen LogP contribution in [-0.2, 0) is 11.3 Å². The maximum Gasteiger partial charge on any atom is 0.242 e. The highest BCUT2D eigenvalue weighted by Gasteiger charge is 2.27. The number of hydrogen-bond acceptors (Lipinski definition) is 2. The van der Waals surface area contributed by atoms with Crippen molar-refractivity contribution in [2.45, 2.75) is 76.8 Å². The maximum absolute atomic E-state index is 13.0. The third kappa shape index (κ3) is 3.31. The quantitative estimate of drug-likeness (QED) is 0.826. The molecule has 25 heavy (non-hydrogen) atoms. The van der Waals surface area contributed by atoms with E-state index in [0.717, 1.165) is 36.2 Å². The van der Waals surface area contributed by atoms with Gasteiger partial charge in [-0.3, -0.25) is 4.79 Å². The number of para-hydroxylation sites is 2. The van der Waals surface area contributed by atoms with Crippen LogP contribution in [-0.4, -0.2) is 32.9 Å². The zero-order valence-electron chi connectivity index (χ0n) is 15.3.